The topological polar surface area (TPSA) is 134 Å². The Morgan fingerprint density at radius 2 is 1.76 bits per heavy atom. The van der Waals surface area contributed by atoms with Gasteiger partial charge in [0.1, 0.15) is 24.6 Å². The molecule has 0 aliphatic carbocycles. The Balaban J connectivity index is 1.24. The standard InChI is InChI=1S/C31H30N6O4/c1-19-6-5-7-20(14-19)15-32-28-26-29(34-17-33-28)37(18-35-26)31-25(27(39)24(16-38)41-31)36-30(40)23-12-10-22(11-13-23)21-8-3-2-4-9-21/h2-14,17-18,24-25,27,31,38-39H,15-16H2,1H3,(H,36,40)(H,32,33,34)/t24-,25-,27-,31-/m1/s1. The van der Waals surface area contributed by atoms with Crippen LogP contribution in [0.4, 0.5) is 5.82 Å². The lowest BCUT2D eigenvalue weighted by molar-refractivity contribution is -0.0440. The van der Waals surface area contributed by atoms with Gasteiger partial charge in [-0.2, -0.15) is 0 Å². The maximum absolute atomic E-state index is 13.3. The van der Waals surface area contributed by atoms with Crippen molar-refractivity contribution in [3.05, 3.63) is 108 Å². The molecule has 1 aliphatic heterocycles. The number of nitrogens with one attached hydrogen (secondary N) is 2. The van der Waals surface area contributed by atoms with Gasteiger partial charge in [-0.1, -0.05) is 72.3 Å². The number of aliphatic hydroxyl groups excluding tert-OH is 2. The van der Waals surface area contributed by atoms with Crippen LogP contribution >= 0.6 is 0 Å². The first kappa shape index (κ1) is 26.6. The normalized spacial score (nSPS) is 20.3. The van der Waals surface area contributed by atoms with Gasteiger partial charge in [-0.05, 0) is 35.7 Å². The van der Waals surface area contributed by atoms with E-state index >= 15 is 0 Å². The fraction of sp³-hybridized carbons (Fsp3) is 0.226. The van der Waals surface area contributed by atoms with E-state index < -0.39 is 31.1 Å². The number of aromatic nitrogens is 4. The zero-order valence-corrected chi connectivity index (χ0v) is 22.4. The van der Waals surface area contributed by atoms with Gasteiger partial charge >= 0.3 is 0 Å². The lowest BCUT2D eigenvalue weighted by atomic mass is 10.0. The van der Waals surface area contributed by atoms with Crippen LogP contribution in [0.1, 0.15) is 27.7 Å². The predicted octanol–water partition coefficient (Wildman–Crippen LogP) is 3.46. The lowest BCUT2D eigenvalue weighted by Gasteiger charge is -2.23. The molecule has 3 aromatic carbocycles. The van der Waals surface area contributed by atoms with E-state index in [0.29, 0.717) is 29.1 Å². The second-order valence-electron chi connectivity index (χ2n) is 10.1. The number of ether oxygens (including phenoxy) is 1. The minimum absolute atomic E-state index is 0.375. The zero-order valence-electron chi connectivity index (χ0n) is 22.4. The molecule has 4 N–H and O–H groups in total. The number of carbonyl (C=O) groups is 1. The van der Waals surface area contributed by atoms with Crippen LogP contribution in [0.25, 0.3) is 22.3 Å². The van der Waals surface area contributed by atoms with Crippen LogP contribution in [-0.4, -0.2) is 60.5 Å². The molecule has 6 rings (SSSR count). The summed E-state index contributed by atoms with van der Waals surface area (Å²) in [7, 11) is 0. The summed E-state index contributed by atoms with van der Waals surface area (Å²) in [5.41, 5.74) is 5.72. The number of nitrogens with zero attached hydrogens (tertiary/aromatic N) is 4. The quantitative estimate of drug-likeness (QED) is 0.231. The van der Waals surface area contributed by atoms with Gasteiger partial charge in [-0.15, -0.1) is 0 Å². The van der Waals surface area contributed by atoms with Gasteiger partial charge in [-0.25, -0.2) is 15.0 Å². The number of anilines is 1. The van der Waals surface area contributed by atoms with Crippen molar-refractivity contribution in [1.29, 1.82) is 0 Å². The van der Waals surface area contributed by atoms with E-state index in [1.165, 1.54) is 6.33 Å². The largest absolute Gasteiger partial charge is 0.394 e. The molecular weight excluding hydrogens is 520 g/mol. The molecule has 4 atom stereocenters. The highest BCUT2D eigenvalue weighted by Gasteiger charge is 2.46. The first-order chi connectivity index (χ1) is 20.0. The number of carbonyl (C=O) groups excluding carboxylic acids is 1. The van der Waals surface area contributed by atoms with Crippen LogP contribution in [0, 0.1) is 6.92 Å². The fourth-order valence-corrected chi connectivity index (χ4v) is 5.15. The maximum atomic E-state index is 13.3. The van der Waals surface area contributed by atoms with Gasteiger partial charge in [0.15, 0.2) is 23.2 Å². The van der Waals surface area contributed by atoms with Crippen molar-refractivity contribution in [2.24, 2.45) is 0 Å². The number of aryl methyl sites for hydroxylation is 1. The summed E-state index contributed by atoms with van der Waals surface area (Å²) >= 11 is 0. The molecule has 3 heterocycles. The number of imidazole rings is 1. The highest BCUT2D eigenvalue weighted by Crippen LogP contribution is 2.33. The second-order valence-corrected chi connectivity index (χ2v) is 10.1. The summed E-state index contributed by atoms with van der Waals surface area (Å²) in [5, 5.41) is 27.1. The molecule has 1 saturated heterocycles. The number of fused-ring (bicyclic) bond motifs is 1. The third-order valence-electron chi connectivity index (χ3n) is 7.28. The van der Waals surface area contributed by atoms with Crippen LogP contribution in [0.2, 0.25) is 0 Å². The average Bonchev–Trinajstić information content (AvgIpc) is 3.57. The number of benzene rings is 3. The van der Waals surface area contributed by atoms with Crippen LogP contribution in [-0.2, 0) is 11.3 Å². The monoisotopic (exact) mass is 550 g/mol. The van der Waals surface area contributed by atoms with E-state index in [1.807, 2.05) is 67.6 Å². The number of hydrogen-bond donors (Lipinski definition) is 4. The SMILES string of the molecule is Cc1cccc(CNc2ncnc3c2ncn3[C@@H]2O[C@H](CO)[C@@H](O)[C@H]2NC(=O)c2ccc(-c3ccccc3)cc2)c1. The smallest absolute Gasteiger partial charge is 0.251 e. The molecular formula is C31H30N6O4. The van der Waals surface area contributed by atoms with E-state index in [0.717, 1.165) is 22.3 Å². The molecule has 10 nitrogen and oxygen atoms in total. The molecule has 208 valence electrons. The maximum Gasteiger partial charge on any atom is 0.251 e. The van der Waals surface area contributed by atoms with Gasteiger partial charge < -0.3 is 25.6 Å². The van der Waals surface area contributed by atoms with E-state index in [-0.39, 0.29) is 5.91 Å². The number of hydrogen-bond acceptors (Lipinski definition) is 8. The molecule has 0 unspecified atom stereocenters. The average molecular weight is 551 g/mol. The minimum atomic E-state index is -1.16. The molecule has 0 bridgehead atoms. The summed E-state index contributed by atoms with van der Waals surface area (Å²) in [4.78, 5) is 26.6. The molecule has 10 heteroatoms. The molecule has 0 saturated carbocycles. The summed E-state index contributed by atoms with van der Waals surface area (Å²) in [6, 6.07) is 24.4. The summed E-state index contributed by atoms with van der Waals surface area (Å²) in [5.74, 6) is 0.173. The third-order valence-corrected chi connectivity index (χ3v) is 7.28. The van der Waals surface area contributed by atoms with Crippen molar-refractivity contribution >= 4 is 22.9 Å². The van der Waals surface area contributed by atoms with Crippen LogP contribution < -0.4 is 10.6 Å². The Morgan fingerprint density at radius 1 is 0.976 bits per heavy atom. The number of aliphatic hydroxyl groups is 2. The van der Waals surface area contributed by atoms with E-state index in [1.54, 1.807) is 23.0 Å². The van der Waals surface area contributed by atoms with Crippen molar-refractivity contribution in [3.63, 3.8) is 0 Å². The lowest BCUT2D eigenvalue weighted by Crippen LogP contribution is -2.46. The third kappa shape index (κ3) is 5.40. The Kier molecular flexibility index (Phi) is 7.43. The predicted molar refractivity (Wildman–Crippen MR) is 154 cm³/mol. The van der Waals surface area contributed by atoms with Crippen molar-refractivity contribution < 1.29 is 19.7 Å². The fourth-order valence-electron chi connectivity index (χ4n) is 5.15. The van der Waals surface area contributed by atoms with Gasteiger partial charge in [-0.3, -0.25) is 9.36 Å². The summed E-state index contributed by atoms with van der Waals surface area (Å²) in [6.45, 7) is 2.17. The van der Waals surface area contributed by atoms with Gasteiger partial charge in [0.25, 0.3) is 5.91 Å². The zero-order chi connectivity index (χ0) is 28.3. The van der Waals surface area contributed by atoms with Gasteiger partial charge in [0.05, 0.1) is 12.9 Å². The molecule has 1 amide bonds. The molecule has 5 aromatic rings. The Hall–Kier alpha value is -4.64. The van der Waals surface area contributed by atoms with Crippen molar-refractivity contribution in [1.82, 2.24) is 24.8 Å². The molecule has 41 heavy (non-hydrogen) atoms. The molecule has 1 fully saturated rings. The molecule has 1 aliphatic rings. The Morgan fingerprint density at radius 3 is 2.51 bits per heavy atom. The first-order valence-corrected chi connectivity index (χ1v) is 13.4. The van der Waals surface area contributed by atoms with Crippen molar-refractivity contribution in [3.8, 4) is 11.1 Å². The highest BCUT2D eigenvalue weighted by atomic mass is 16.5. The van der Waals surface area contributed by atoms with E-state index in [9.17, 15) is 15.0 Å². The van der Waals surface area contributed by atoms with Crippen molar-refractivity contribution in [2.75, 3.05) is 11.9 Å². The van der Waals surface area contributed by atoms with E-state index in [4.69, 9.17) is 4.74 Å². The summed E-state index contributed by atoms with van der Waals surface area (Å²) in [6.07, 6.45) is 0.0526. The Bertz CT molecular complexity index is 1660. The second kappa shape index (κ2) is 11.5. The van der Waals surface area contributed by atoms with Gasteiger partial charge in [0, 0.05) is 12.1 Å². The number of rotatable bonds is 8. The highest BCUT2D eigenvalue weighted by molar-refractivity contribution is 5.95. The number of amides is 1. The molecule has 0 radical (unpaired) electrons. The first-order valence-electron chi connectivity index (χ1n) is 13.4. The van der Waals surface area contributed by atoms with Crippen LogP contribution in [0.3, 0.4) is 0 Å². The molecule has 0 spiro atoms. The van der Waals surface area contributed by atoms with Crippen LogP contribution in [0.5, 0.6) is 0 Å². The van der Waals surface area contributed by atoms with Crippen molar-refractivity contribution in [2.45, 2.75) is 37.9 Å². The Labute approximate surface area is 236 Å². The van der Waals surface area contributed by atoms with Crippen LogP contribution in [0.15, 0.2) is 91.5 Å². The van der Waals surface area contributed by atoms with E-state index in [2.05, 4.69) is 31.7 Å². The minimum Gasteiger partial charge on any atom is -0.394 e. The summed E-state index contributed by atoms with van der Waals surface area (Å²) < 4.78 is 7.66. The molecule has 2 aromatic heterocycles. The van der Waals surface area contributed by atoms with Gasteiger partial charge in [0.2, 0.25) is 0 Å².